The Kier molecular flexibility index (Phi) is 6.13. The molecule has 5 aliphatic rings. The van der Waals surface area contributed by atoms with Gasteiger partial charge in [-0.15, -0.1) is 0 Å². The van der Waals surface area contributed by atoms with Gasteiger partial charge in [-0.05, 0) is 83.2 Å². The molecule has 1 spiro atoms. The summed E-state index contributed by atoms with van der Waals surface area (Å²) >= 11 is 0. The van der Waals surface area contributed by atoms with Crippen LogP contribution < -0.4 is 0 Å². The Balaban J connectivity index is 1.40. The van der Waals surface area contributed by atoms with Crippen molar-refractivity contribution in [1.82, 2.24) is 9.88 Å². The van der Waals surface area contributed by atoms with E-state index in [2.05, 4.69) is 50.9 Å². The number of ketones is 1. The molecular formula is C35H46N2O6. The van der Waals surface area contributed by atoms with E-state index in [4.69, 9.17) is 14.2 Å². The van der Waals surface area contributed by atoms with Crippen LogP contribution in [0.4, 0.5) is 0 Å². The number of carbonyl (C=O) groups is 2. The van der Waals surface area contributed by atoms with Crippen molar-refractivity contribution < 1.29 is 28.9 Å². The van der Waals surface area contributed by atoms with Crippen LogP contribution in [0, 0.1) is 17.3 Å². The molecule has 1 aromatic heterocycles. The zero-order chi connectivity index (χ0) is 30.9. The summed E-state index contributed by atoms with van der Waals surface area (Å²) in [4.78, 5) is 33.2. The topological polar surface area (TPSA) is 101 Å². The molecule has 1 aromatic carbocycles. The highest BCUT2D eigenvalue weighted by molar-refractivity contribution is 5.97. The van der Waals surface area contributed by atoms with Gasteiger partial charge in [0.25, 0.3) is 0 Å². The van der Waals surface area contributed by atoms with Gasteiger partial charge in [0, 0.05) is 39.4 Å². The number of hydrogen-bond acceptors (Lipinski definition) is 7. The van der Waals surface area contributed by atoms with Crippen LogP contribution in [0.15, 0.2) is 35.9 Å². The van der Waals surface area contributed by atoms with Gasteiger partial charge in [-0.1, -0.05) is 45.9 Å². The molecule has 8 nitrogen and oxygen atoms in total. The smallest absolute Gasteiger partial charge is 0.323 e. The summed E-state index contributed by atoms with van der Waals surface area (Å²) < 4.78 is 19.6. The molecule has 2 aromatic rings. The molecule has 8 heteroatoms. The largest absolute Gasteiger partial charge is 0.458 e. The highest BCUT2D eigenvalue weighted by Gasteiger charge is 2.78. The highest BCUT2D eigenvalue weighted by atomic mass is 16.8. The Hall–Kier alpha value is -2.52. The number of benzene rings is 1. The predicted molar refractivity (Wildman–Crippen MR) is 162 cm³/mol. The number of fused-ring (bicyclic) bond motifs is 9. The van der Waals surface area contributed by atoms with E-state index in [1.807, 2.05) is 38.9 Å². The molecule has 2 N–H and O–H groups in total. The van der Waals surface area contributed by atoms with Gasteiger partial charge in [-0.3, -0.25) is 14.5 Å². The maximum atomic E-state index is 14.0. The standard InChI is InChI=1S/C35H46N2O6/c1-19(2)15-24(37(7)8)30(39)41-27-17-20-16-22-21-11-9-10-12-23(21)36-28(22)33(20,6)32(5)13-14-34-26(35(27,32)40)18-25(38)29(42-34)31(3,4)43-34/h9-12,18-20,24,27,29,36,40H,13-17H2,1-8H3/t20-,24+,27+,29?,32-,33-,34+,35+/m1/s1. The van der Waals surface area contributed by atoms with Crippen molar-refractivity contribution in [3.63, 3.8) is 0 Å². The number of para-hydroxylation sites is 1. The number of carbonyl (C=O) groups excluding carboxylic acids is 2. The Morgan fingerprint density at radius 2 is 1.88 bits per heavy atom. The Labute approximate surface area is 254 Å². The van der Waals surface area contributed by atoms with Crippen molar-refractivity contribution in [2.24, 2.45) is 17.3 Å². The second-order valence-corrected chi connectivity index (χ2v) is 15.4. The molecule has 7 rings (SSSR count). The summed E-state index contributed by atoms with van der Waals surface area (Å²) in [6.45, 7) is 12.3. The molecule has 3 fully saturated rings. The minimum Gasteiger partial charge on any atom is -0.458 e. The van der Waals surface area contributed by atoms with Gasteiger partial charge in [-0.25, -0.2) is 0 Å². The molecular weight excluding hydrogens is 544 g/mol. The number of H-pyrrole nitrogens is 1. The number of likely N-dealkylation sites (N-methyl/N-ethyl adjacent to an activating group) is 1. The Morgan fingerprint density at radius 3 is 2.58 bits per heavy atom. The normalized spacial score (nSPS) is 39.7. The molecule has 2 aliphatic heterocycles. The van der Waals surface area contributed by atoms with Crippen molar-refractivity contribution >= 4 is 22.7 Å². The van der Waals surface area contributed by atoms with E-state index >= 15 is 0 Å². The van der Waals surface area contributed by atoms with Crippen molar-refractivity contribution in [3.8, 4) is 0 Å². The number of esters is 1. The monoisotopic (exact) mass is 590 g/mol. The second-order valence-electron chi connectivity index (χ2n) is 15.4. The lowest BCUT2D eigenvalue weighted by Gasteiger charge is -2.67. The van der Waals surface area contributed by atoms with E-state index in [1.54, 1.807) is 6.08 Å². The summed E-state index contributed by atoms with van der Waals surface area (Å²) in [6, 6.07) is 7.91. The van der Waals surface area contributed by atoms with E-state index in [9.17, 15) is 14.7 Å². The van der Waals surface area contributed by atoms with Gasteiger partial charge >= 0.3 is 5.97 Å². The van der Waals surface area contributed by atoms with Gasteiger partial charge in [0.05, 0.1) is 0 Å². The van der Waals surface area contributed by atoms with Crippen LogP contribution in [-0.4, -0.2) is 76.1 Å². The van der Waals surface area contributed by atoms with E-state index in [-0.39, 0.29) is 23.6 Å². The van der Waals surface area contributed by atoms with Crippen molar-refractivity contribution in [1.29, 1.82) is 0 Å². The molecule has 1 unspecified atom stereocenters. The van der Waals surface area contributed by atoms with E-state index in [0.717, 1.165) is 17.6 Å². The zero-order valence-electron chi connectivity index (χ0n) is 26.7. The van der Waals surface area contributed by atoms with E-state index in [0.29, 0.717) is 31.3 Å². The fourth-order valence-corrected chi connectivity index (χ4v) is 9.71. The fraction of sp³-hybridized carbons (Fsp3) is 0.657. The number of nitrogens with zero attached hydrogens (tertiary/aromatic N) is 1. The van der Waals surface area contributed by atoms with Gasteiger partial charge in [0.2, 0.25) is 0 Å². The van der Waals surface area contributed by atoms with Crippen LogP contribution in [0.5, 0.6) is 0 Å². The summed E-state index contributed by atoms with van der Waals surface area (Å²) in [5, 5.41) is 14.7. The first-order valence-corrected chi connectivity index (χ1v) is 15.9. The lowest BCUT2D eigenvalue weighted by Crippen LogP contribution is -2.75. The summed E-state index contributed by atoms with van der Waals surface area (Å²) in [7, 11) is 3.78. The van der Waals surface area contributed by atoms with Gasteiger partial charge in [0.15, 0.2) is 17.7 Å². The maximum Gasteiger partial charge on any atom is 0.323 e. The number of ether oxygens (including phenoxy) is 3. The molecule has 43 heavy (non-hydrogen) atoms. The Bertz CT molecular complexity index is 1560. The molecule has 3 heterocycles. The van der Waals surface area contributed by atoms with Crippen molar-refractivity contribution in [2.75, 3.05) is 14.1 Å². The Morgan fingerprint density at radius 1 is 1.16 bits per heavy atom. The molecule has 1 saturated heterocycles. The molecule has 0 amide bonds. The SMILES string of the molecule is CC(C)C[C@@H](C(=O)O[C@H]1C[C@H]2Cc3c([nH]c4ccccc34)[C@]2(C)[C@@]2(C)CC[C@@]34OC(C(=O)C=C3[C@]12O)C(C)(C)O4)N(C)C. The number of rotatable bonds is 5. The molecule has 232 valence electrons. The van der Waals surface area contributed by atoms with Gasteiger partial charge in [0.1, 0.15) is 23.3 Å². The third-order valence-corrected chi connectivity index (χ3v) is 12.1. The third-order valence-electron chi connectivity index (χ3n) is 12.1. The number of hydrogen-bond donors (Lipinski definition) is 2. The molecule has 0 radical (unpaired) electrons. The molecule has 8 atom stereocenters. The molecule has 2 bridgehead atoms. The van der Waals surface area contributed by atoms with Crippen LogP contribution in [0.2, 0.25) is 0 Å². The van der Waals surface area contributed by atoms with E-state index in [1.165, 1.54) is 10.9 Å². The zero-order valence-corrected chi connectivity index (χ0v) is 26.7. The predicted octanol–water partition coefficient (Wildman–Crippen LogP) is 4.82. The van der Waals surface area contributed by atoms with Crippen LogP contribution in [0.3, 0.4) is 0 Å². The first-order valence-electron chi connectivity index (χ1n) is 15.9. The van der Waals surface area contributed by atoms with Crippen molar-refractivity contribution in [2.45, 2.75) is 114 Å². The van der Waals surface area contributed by atoms with E-state index < -0.39 is 46.1 Å². The van der Waals surface area contributed by atoms with Gasteiger partial charge in [-0.2, -0.15) is 0 Å². The number of aromatic nitrogens is 1. The fourth-order valence-electron chi connectivity index (χ4n) is 9.71. The quantitative estimate of drug-likeness (QED) is 0.482. The molecule has 2 saturated carbocycles. The first kappa shape index (κ1) is 29.2. The maximum absolute atomic E-state index is 14.0. The van der Waals surface area contributed by atoms with Crippen LogP contribution in [0.25, 0.3) is 10.9 Å². The number of aliphatic hydroxyl groups is 1. The lowest BCUT2D eigenvalue weighted by atomic mass is 9.41. The van der Waals surface area contributed by atoms with Crippen LogP contribution in [-0.2, 0) is 35.6 Å². The van der Waals surface area contributed by atoms with Crippen molar-refractivity contribution in [3.05, 3.63) is 47.2 Å². The lowest BCUT2D eigenvalue weighted by molar-refractivity contribution is -0.278. The number of nitrogens with one attached hydrogen (secondary N) is 1. The minimum absolute atomic E-state index is 0.118. The third kappa shape index (κ3) is 3.58. The summed E-state index contributed by atoms with van der Waals surface area (Å²) in [5.74, 6) is -1.41. The number of aromatic amines is 1. The second kappa shape index (κ2) is 9.03. The van der Waals surface area contributed by atoms with Gasteiger partial charge < -0.3 is 24.3 Å². The average Bonchev–Trinajstić information content (AvgIpc) is 3.52. The highest BCUT2D eigenvalue weighted by Crippen LogP contribution is 2.72. The average molecular weight is 591 g/mol. The van der Waals surface area contributed by atoms with Crippen LogP contribution >= 0.6 is 0 Å². The molecule has 3 aliphatic carbocycles. The summed E-state index contributed by atoms with van der Waals surface area (Å²) in [6.07, 6.45) is 2.94. The van der Waals surface area contributed by atoms with Crippen LogP contribution in [0.1, 0.15) is 78.5 Å². The minimum atomic E-state index is -1.71. The summed E-state index contributed by atoms with van der Waals surface area (Å²) in [5.41, 5.74) is 0.0469. The first-order chi connectivity index (χ1) is 20.1.